The van der Waals surface area contributed by atoms with Gasteiger partial charge in [-0.3, -0.25) is 4.98 Å². The fourth-order valence-corrected chi connectivity index (χ4v) is 2.16. The summed E-state index contributed by atoms with van der Waals surface area (Å²) in [6, 6.07) is 9.97. The fraction of sp³-hybridized carbons (Fsp3) is 0.312. The predicted octanol–water partition coefficient (Wildman–Crippen LogP) is 4.38. The molecule has 0 aliphatic rings. The Kier molecular flexibility index (Phi) is 5.56. The minimum Gasteiger partial charge on any atom is -0.455 e. The molecule has 0 aliphatic heterocycles. The topological polar surface area (TPSA) is 34.1 Å². The molecule has 20 heavy (non-hydrogen) atoms. The highest BCUT2D eigenvalue weighted by atomic mass is 79.9. The van der Waals surface area contributed by atoms with Gasteiger partial charge >= 0.3 is 0 Å². The maximum atomic E-state index is 5.92. The second-order valence-electron chi connectivity index (χ2n) is 5.07. The van der Waals surface area contributed by atoms with Crippen LogP contribution in [-0.2, 0) is 6.54 Å². The third kappa shape index (κ3) is 4.62. The largest absolute Gasteiger partial charge is 0.455 e. The van der Waals surface area contributed by atoms with Crippen molar-refractivity contribution in [3.63, 3.8) is 0 Å². The van der Waals surface area contributed by atoms with Crippen LogP contribution in [0.2, 0.25) is 0 Å². The van der Waals surface area contributed by atoms with Crippen molar-refractivity contribution in [1.29, 1.82) is 0 Å². The first-order valence-electron chi connectivity index (χ1n) is 6.72. The first-order valence-corrected chi connectivity index (χ1v) is 7.51. The Balaban J connectivity index is 2.07. The van der Waals surface area contributed by atoms with Crippen molar-refractivity contribution in [2.75, 3.05) is 6.54 Å². The van der Waals surface area contributed by atoms with Gasteiger partial charge in [0.05, 0.1) is 6.20 Å². The normalized spacial score (nSPS) is 10.8. The lowest BCUT2D eigenvalue weighted by Crippen LogP contribution is -2.19. The number of nitrogens with one attached hydrogen (secondary N) is 1. The van der Waals surface area contributed by atoms with Gasteiger partial charge in [-0.25, -0.2) is 0 Å². The van der Waals surface area contributed by atoms with E-state index in [9.17, 15) is 0 Å². The van der Waals surface area contributed by atoms with Gasteiger partial charge in [0.1, 0.15) is 11.5 Å². The molecule has 2 rings (SSSR count). The maximum Gasteiger partial charge on any atom is 0.146 e. The Morgan fingerprint density at radius 2 is 2.05 bits per heavy atom. The van der Waals surface area contributed by atoms with E-state index in [-0.39, 0.29) is 0 Å². The Morgan fingerprint density at radius 3 is 2.80 bits per heavy atom. The molecular formula is C16H19BrN2O. The standard InChI is InChI=1S/C16H19BrN2O/c1-12(2)8-18-9-13-5-3-4-6-16(13)20-15-7-14(17)10-19-11-15/h3-7,10-12,18H,8-9H2,1-2H3. The molecule has 0 atom stereocenters. The van der Waals surface area contributed by atoms with Crippen molar-refractivity contribution in [3.05, 3.63) is 52.8 Å². The van der Waals surface area contributed by atoms with E-state index >= 15 is 0 Å². The summed E-state index contributed by atoms with van der Waals surface area (Å²) < 4.78 is 6.82. The van der Waals surface area contributed by atoms with Gasteiger partial charge in [-0.05, 0) is 40.5 Å². The van der Waals surface area contributed by atoms with Gasteiger partial charge in [0.15, 0.2) is 0 Å². The van der Waals surface area contributed by atoms with Crippen LogP contribution in [0.3, 0.4) is 0 Å². The molecule has 0 spiro atoms. The molecule has 0 radical (unpaired) electrons. The van der Waals surface area contributed by atoms with Crippen LogP contribution in [0.1, 0.15) is 19.4 Å². The van der Waals surface area contributed by atoms with E-state index in [1.54, 1.807) is 12.4 Å². The van der Waals surface area contributed by atoms with Crippen molar-refractivity contribution < 1.29 is 4.74 Å². The third-order valence-corrected chi connectivity index (χ3v) is 3.18. The number of hydrogen-bond acceptors (Lipinski definition) is 3. The molecule has 0 bridgehead atoms. The Bertz CT molecular complexity index is 558. The summed E-state index contributed by atoms with van der Waals surface area (Å²) in [4.78, 5) is 4.11. The summed E-state index contributed by atoms with van der Waals surface area (Å²) in [5.41, 5.74) is 1.15. The number of benzene rings is 1. The van der Waals surface area contributed by atoms with E-state index in [0.717, 1.165) is 34.6 Å². The summed E-state index contributed by atoms with van der Waals surface area (Å²) in [6.45, 7) is 6.19. The van der Waals surface area contributed by atoms with Gasteiger partial charge in [0.2, 0.25) is 0 Å². The number of para-hydroxylation sites is 1. The lowest BCUT2D eigenvalue weighted by atomic mass is 10.2. The highest BCUT2D eigenvalue weighted by Crippen LogP contribution is 2.26. The molecule has 4 heteroatoms. The molecule has 106 valence electrons. The number of nitrogens with zero attached hydrogens (tertiary/aromatic N) is 1. The van der Waals surface area contributed by atoms with Gasteiger partial charge in [-0.15, -0.1) is 0 Å². The number of aromatic nitrogens is 1. The lowest BCUT2D eigenvalue weighted by Gasteiger charge is -2.12. The van der Waals surface area contributed by atoms with Crippen LogP contribution < -0.4 is 10.1 Å². The molecule has 3 nitrogen and oxygen atoms in total. The van der Waals surface area contributed by atoms with Crippen LogP contribution in [0.4, 0.5) is 0 Å². The highest BCUT2D eigenvalue weighted by molar-refractivity contribution is 9.10. The van der Waals surface area contributed by atoms with Crippen LogP contribution in [0.15, 0.2) is 47.2 Å². The first kappa shape index (κ1) is 15.0. The zero-order valence-corrected chi connectivity index (χ0v) is 13.4. The Labute approximate surface area is 128 Å². The molecule has 2 aromatic rings. The Morgan fingerprint density at radius 1 is 1.25 bits per heavy atom. The number of ether oxygens (including phenoxy) is 1. The minimum absolute atomic E-state index is 0.636. The maximum absolute atomic E-state index is 5.92. The SMILES string of the molecule is CC(C)CNCc1ccccc1Oc1cncc(Br)c1. The van der Waals surface area contributed by atoms with Crippen LogP contribution in [0, 0.1) is 5.92 Å². The zero-order chi connectivity index (χ0) is 14.4. The second kappa shape index (κ2) is 7.41. The Hall–Kier alpha value is -1.39. The highest BCUT2D eigenvalue weighted by Gasteiger charge is 2.05. The van der Waals surface area contributed by atoms with Crippen molar-refractivity contribution >= 4 is 15.9 Å². The molecule has 0 amide bonds. The number of halogens is 1. The van der Waals surface area contributed by atoms with Gasteiger partial charge in [0, 0.05) is 22.8 Å². The summed E-state index contributed by atoms with van der Waals surface area (Å²) in [5, 5.41) is 3.43. The molecular weight excluding hydrogens is 316 g/mol. The molecule has 0 fully saturated rings. The van der Waals surface area contributed by atoms with Crippen molar-refractivity contribution in [2.45, 2.75) is 20.4 Å². The molecule has 1 N–H and O–H groups in total. The number of rotatable bonds is 6. The molecule has 0 aliphatic carbocycles. The average Bonchev–Trinajstić information content (AvgIpc) is 2.40. The molecule has 1 aromatic heterocycles. The molecule has 1 aromatic carbocycles. The quantitative estimate of drug-likeness (QED) is 0.851. The van der Waals surface area contributed by atoms with Gasteiger partial charge in [0.25, 0.3) is 0 Å². The lowest BCUT2D eigenvalue weighted by molar-refractivity contribution is 0.466. The third-order valence-electron chi connectivity index (χ3n) is 2.75. The van der Waals surface area contributed by atoms with E-state index < -0.39 is 0 Å². The second-order valence-corrected chi connectivity index (χ2v) is 5.99. The van der Waals surface area contributed by atoms with E-state index in [4.69, 9.17) is 4.74 Å². The van der Waals surface area contributed by atoms with Crippen LogP contribution in [0.25, 0.3) is 0 Å². The monoisotopic (exact) mass is 334 g/mol. The number of pyridine rings is 1. The van der Waals surface area contributed by atoms with Crippen molar-refractivity contribution in [3.8, 4) is 11.5 Å². The van der Waals surface area contributed by atoms with Crippen molar-refractivity contribution in [1.82, 2.24) is 10.3 Å². The predicted molar refractivity (Wildman–Crippen MR) is 85.0 cm³/mol. The van der Waals surface area contributed by atoms with Crippen LogP contribution >= 0.6 is 15.9 Å². The van der Waals surface area contributed by atoms with Gasteiger partial charge in [-0.2, -0.15) is 0 Å². The molecule has 1 heterocycles. The first-order chi connectivity index (χ1) is 9.65. The minimum atomic E-state index is 0.636. The number of hydrogen-bond donors (Lipinski definition) is 1. The molecule has 0 saturated carbocycles. The fourth-order valence-electron chi connectivity index (χ4n) is 1.82. The van der Waals surface area contributed by atoms with E-state index in [2.05, 4.69) is 46.1 Å². The summed E-state index contributed by atoms with van der Waals surface area (Å²) in [6.07, 6.45) is 3.45. The smallest absolute Gasteiger partial charge is 0.146 e. The van der Waals surface area contributed by atoms with Gasteiger partial charge < -0.3 is 10.1 Å². The van der Waals surface area contributed by atoms with Crippen LogP contribution in [0.5, 0.6) is 11.5 Å². The van der Waals surface area contributed by atoms with Crippen LogP contribution in [-0.4, -0.2) is 11.5 Å². The van der Waals surface area contributed by atoms with E-state index in [1.807, 2.05) is 24.3 Å². The van der Waals surface area contributed by atoms with Gasteiger partial charge in [-0.1, -0.05) is 32.0 Å². The van der Waals surface area contributed by atoms with E-state index in [0.29, 0.717) is 5.92 Å². The summed E-state index contributed by atoms with van der Waals surface area (Å²) in [5.74, 6) is 2.23. The summed E-state index contributed by atoms with van der Waals surface area (Å²) in [7, 11) is 0. The zero-order valence-electron chi connectivity index (χ0n) is 11.8. The summed E-state index contributed by atoms with van der Waals surface area (Å²) >= 11 is 3.40. The molecule has 0 saturated heterocycles. The van der Waals surface area contributed by atoms with E-state index in [1.165, 1.54) is 0 Å². The average molecular weight is 335 g/mol. The van der Waals surface area contributed by atoms with Crippen molar-refractivity contribution in [2.24, 2.45) is 5.92 Å². The molecule has 0 unspecified atom stereocenters.